The Morgan fingerprint density at radius 3 is 2.42 bits per heavy atom. The summed E-state index contributed by atoms with van der Waals surface area (Å²) >= 11 is 0. The molecule has 0 radical (unpaired) electrons. The maximum absolute atomic E-state index is 12.2. The van der Waals surface area contributed by atoms with Crippen LogP contribution in [0.25, 0.3) is 11.3 Å². The van der Waals surface area contributed by atoms with Crippen LogP contribution in [-0.2, 0) is 6.61 Å². The van der Waals surface area contributed by atoms with Crippen LogP contribution in [0.1, 0.15) is 21.6 Å². The topological polar surface area (TPSA) is 75.1 Å². The number of hydrogen-bond donors (Lipinski definition) is 2. The third-order valence-corrected chi connectivity index (χ3v) is 3.65. The molecular formula is C19H17N3O2. The summed E-state index contributed by atoms with van der Waals surface area (Å²) in [7, 11) is 0. The van der Waals surface area contributed by atoms with Crippen LogP contribution >= 0.6 is 0 Å². The third kappa shape index (κ3) is 3.47. The Morgan fingerprint density at radius 2 is 1.79 bits per heavy atom. The highest BCUT2D eigenvalue weighted by molar-refractivity contribution is 6.03. The fourth-order valence-electron chi connectivity index (χ4n) is 2.29. The van der Waals surface area contributed by atoms with Crippen LogP contribution in [0.4, 0.5) is 5.82 Å². The third-order valence-electron chi connectivity index (χ3n) is 3.65. The Hall–Kier alpha value is -3.05. The van der Waals surface area contributed by atoms with Crippen LogP contribution in [0, 0.1) is 6.92 Å². The van der Waals surface area contributed by atoms with Gasteiger partial charge in [-0.1, -0.05) is 42.5 Å². The fraction of sp³-hybridized carbons (Fsp3) is 0.105. The standard InChI is InChI=1S/C19H17N3O2/c1-13-18(22-19(24)16-5-3-2-4-6-16)20-11-17(21-13)15-9-7-14(12-23)8-10-15/h2-11,23H,12H2,1H3,(H,20,22,24). The van der Waals surface area contributed by atoms with Gasteiger partial charge in [0.05, 0.1) is 24.2 Å². The highest BCUT2D eigenvalue weighted by Gasteiger charge is 2.10. The van der Waals surface area contributed by atoms with E-state index in [1.165, 1.54) is 0 Å². The van der Waals surface area contributed by atoms with E-state index < -0.39 is 0 Å². The molecule has 0 unspecified atom stereocenters. The van der Waals surface area contributed by atoms with E-state index in [4.69, 9.17) is 5.11 Å². The second-order valence-corrected chi connectivity index (χ2v) is 5.36. The number of amides is 1. The number of anilines is 1. The van der Waals surface area contributed by atoms with E-state index in [1.54, 1.807) is 25.3 Å². The number of carbonyl (C=O) groups is 1. The smallest absolute Gasteiger partial charge is 0.256 e. The second kappa shape index (κ2) is 7.02. The minimum absolute atomic E-state index is 0.00937. The normalized spacial score (nSPS) is 10.4. The molecule has 1 amide bonds. The van der Waals surface area contributed by atoms with Gasteiger partial charge in [-0.25, -0.2) is 9.97 Å². The van der Waals surface area contributed by atoms with Gasteiger partial charge in [-0.3, -0.25) is 4.79 Å². The largest absolute Gasteiger partial charge is 0.392 e. The van der Waals surface area contributed by atoms with Crippen LogP contribution in [0.2, 0.25) is 0 Å². The lowest BCUT2D eigenvalue weighted by Gasteiger charge is -2.09. The van der Waals surface area contributed by atoms with Gasteiger partial charge in [0.25, 0.3) is 5.91 Å². The fourth-order valence-corrected chi connectivity index (χ4v) is 2.29. The summed E-state index contributed by atoms with van der Waals surface area (Å²) < 4.78 is 0. The van der Waals surface area contributed by atoms with Crippen molar-refractivity contribution in [3.8, 4) is 11.3 Å². The Morgan fingerprint density at radius 1 is 1.08 bits per heavy atom. The van der Waals surface area contributed by atoms with E-state index in [0.717, 1.165) is 16.8 Å². The van der Waals surface area contributed by atoms with Crippen LogP contribution in [0.3, 0.4) is 0 Å². The highest BCUT2D eigenvalue weighted by Crippen LogP contribution is 2.20. The Bertz CT molecular complexity index is 846. The van der Waals surface area contributed by atoms with Crippen LogP contribution in [0.15, 0.2) is 60.8 Å². The molecule has 1 heterocycles. The molecule has 0 bridgehead atoms. The zero-order valence-electron chi connectivity index (χ0n) is 13.2. The van der Waals surface area contributed by atoms with Crippen molar-refractivity contribution < 1.29 is 9.90 Å². The molecule has 0 aliphatic heterocycles. The number of aryl methyl sites for hydroxylation is 1. The molecule has 3 aromatic rings. The van der Waals surface area contributed by atoms with Gasteiger partial charge in [0, 0.05) is 11.1 Å². The van der Waals surface area contributed by atoms with Crippen molar-refractivity contribution in [2.24, 2.45) is 0 Å². The number of nitrogens with zero attached hydrogens (tertiary/aromatic N) is 2. The molecule has 24 heavy (non-hydrogen) atoms. The summed E-state index contributed by atoms with van der Waals surface area (Å²) in [6.07, 6.45) is 1.63. The summed E-state index contributed by atoms with van der Waals surface area (Å²) in [6, 6.07) is 16.4. The SMILES string of the molecule is Cc1nc(-c2ccc(CO)cc2)cnc1NC(=O)c1ccccc1. The number of hydrogen-bond acceptors (Lipinski definition) is 4. The summed E-state index contributed by atoms with van der Waals surface area (Å²) in [4.78, 5) is 21.0. The van der Waals surface area contributed by atoms with Gasteiger partial charge >= 0.3 is 0 Å². The molecule has 0 fully saturated rings. The molecule has 0 saturated carbocycles. The van der Waals surface area contributed by atoms with E-state index in [0.29, 0.717) is 17.1 Å². The maximum atomic E-state index is 12.2. The van der Waals surface area contributed by atoms with Gasteiger partial charge in [0.1, 0.15) is 0 Å². The second-order valence-electron chi connectivity index (χ2n) is 5.36. The number of rotatable bonds is 4. The van der Waals surface area contributed by atoms with Crippen LogP contribution < -0.4 is 5.32 Å². The lowest BCUT2D eigenvalue weighted by atomic mass is 10.1. The molecule has 0 aliphatic carbocycles. The lowest BCUT2D eigenvalue weighted by Crippen LogP contribution is -2.14. The van der Waals surface area contributed by atoms with Gasteiger partial charge < -0.3 is 10.4 Å². The number of aliphatic hydroxyl groups excluding tert-OH is 1. The molecule has 2 aromatic carbocycles. The van der Waals surface area contributed by atoms with E-state index in [2.05, 4.69) is 15.3 Å². The van der Waals surface area contributed by atoms with Crippen LogP contribution in [0.5, 0.6) is 0 Å². The molecule has 1 aromatic heterocycles. The van der Waals surface area contributed by atoms with Gasteiger partial charge in [-0.15, -0.1) is 0 Å². The Balaban J connectivity index is 1.80. The van der Waals surface area contributed by atoms with Gasteiger partial charge in [0.15, 0.2) is 5.82 Å². The summed E-state index contributed by atoms with van der Waals surface area (Å²) in [5, 5.41) is 11.9. The minimum Gasteiger partial charge on any atom is -0.392 e. The number of carbonyl (C=O) groups excluding carboxylic acids is 1. The molecule has 3 rings (SSSR count). The van der Waals surface area contributed by atoms with Crippen molar-refractivity contribution in [2.45, 2.75) is 13.5 Å². The quantitative estimate of drug-likeness (QED) is 0.774. The van der Waals surface area contributed by atoms with Crippen molar-refractivity contribution in [1.29, 1.82) is 0 Å². The number of aromatic nitrogens is 2. The molecule has 0 atom stereocenters. The molecule has 5 heteroatoms. The number of aliphatic hydroxyl groups is 1. The van der Waals surface area contributed by atoms with Crippen molar-refractivity contribution >= 4 is 11.7 Å². The maximum Gasteiger partial charge on any atom is 0.256 e. The van der Waals surface area contributed by atoms with Crippen molar-refractivity contribution in [3.05, 3.63) is 77.6 Å². The molecular weight excluding hydrogens is 302 g/mol. The first kappa shape index (κ1) is 15.8. The molecule has 2 N–H and O–H groups in total. The molecule has 0 saturated heterocycles. The summed E-state index contributed by atoms with van der Waals surface area (Å²) in [5.74, 6) is 0.229. The lowest BCUT2D eigenvalue weighted by molar-refractivity contribution is 0.102. The highest BCUT2D eigenvalue weighted by atomic mass is 16.3. The predicted octanol–water partition coefficient (Wildman–Crippen LogP) is 3.20. The zero-order chi connectivity index (χ0) is 16.9. The molecule has 0 spiro atoms. The molecule has 0 aliphatic rings. The van der Waals surface area contributed by atoms with Gasteiger partial charge in [0.2, 0.25) is 0 Å². The average molecular weight is 319 g/mol. The Kier molecular flexibility index (Phi) is 4.63. The predicted molar refractivity (Wildman–Crippen MR) is 92.5 cm³/mol. The minimum atomic E-state index is -0.215. The molecule has 120 valence electrons. The van der Waals surface area contributed by atoms with E-state index in [-0.39, 0.29) is 12.5 Å². The summed E-state index contributed by atoms with van der Waals surface area (Å²) in [6.45, 7) is 1.81. The van der Waals surface area contributed by atoms with Crippen LogP contribution in [-0.4, -0.2) is 21.0 Å². The van der Waals surface area contributed by atoms with E-state index in [9.17, 15) is 4.79 Å². The number of benzene rings is 2. The summed E-state index contributed by atoms with van der Waals surface area (Å²) in [5.41, 5.74) is 3.68. The first-order chi connectivity index (χ1) is 11.7. The Labute approximate surface area is 140 Å². The van der Waals surface area contributed by atoms with Gasteiger partial charge in [-0.2, -0.15) is 0 Å². The van der Waals surface area contributed by atoms with Gasteiger partial charge in [-0.05, 0) is 24.6 Å². The average Bonchev–Trinajstić information content (AvgIpc) is 2.64. The number of nitrogens with one attached hydrogen (secondary N) is 1. The van der Waals surface area contributed by atoms with Crippen molar-refractivity contribution in [3.63, 3.8) is 0 Å². The zero-order valence-corrected chi connectivity index (χ0v) is 13.2. The monoisotopic (exact) mass is 319 g/mol. The first-order valence-electron chi connectivity index (χ1n) is 7.57. The van der Waals surface area contributed by atoms with Crippen molar-refractivity contribution in [2.75, 3.05) is 5.32 Å². The van der Waals surface area contributed by atoms with E-state index in [1.807, 2.05) is 42.5 Å². The van der Waals surface area contributed by atoms with Crippen molar-refractivity contribution in [1.82, 2.24) is 9.97 Å². The molecule has 5 nitrogen and oxygen atoms in total. The van der Waals surface area contributed by atoms with E-state index >= 15 is 0 Å². The first-order valence-corrected chi connectivity index (χ1v) is 7.57.